The number of amides is 1. The van der Waals surface area contributed by atoms with E-state index in [2.05, 4.69) is 45.2 Å². The zero-order valence-electron chi connectivity index (χ0n) is 17.9. The molecule has 3 aromatic rings. The van der Waals surface area contributed by atoms with Gasteiger partial charge in [-0.15, -0.1) is 0 Å². The van der Waals surface area contributed by atoms with Crippen LogP contribution in [0.2, 0.25) is 0 Å². The lowest BCUT2D eigenvalue weighted by Gasteiger charge is -2.10. The smallest absolute Gasteiger partial charge is 0.262 e. The van der Waals surface area contributed by atoms with Gasteiger partial charge in [-0.2, -0.15) is 0 Å². The molecular formula is C25H26N4O3. The molecule has 0 saturated heterocycles. The molecule has 7 heteroatoms. The highest BCUT2D eigenvalue weighted by Crippen LogP contribution is 2.18. The van der Waals surface area contributed by atoms with Crippen LogP contribution in [-0.4, -0.2) is 38.7 Å². The first kappa shape index (κ1) is 21.2. The van der Waals surface area contributed by atoms with E-state index in [0.29, 0.717) is 11.4 Å². The summed E-state index contributed by atoms with van der Waals surface area (Å²) in [5, 5.41) is 9.26. The fourth-order valence-corrected chi connectivity index (χ4v) is 3.28. The van der Waals surface area contributed by atoms with Crippen LogP contribution in [0.15, 0.2) is 77.8 Å². The van der Waals surface area contributed by atoms with Crippen molar-refractivity contribution in [1.82, 2.24) is 5.32 Å². The number of carbonyl (C=O) groups is 1. The third-order valence-corrected chi connectivity index (χ3v) is 4.97. The first-order chi connectivity index (χ1) is 15.7. The Morgan fingerprint density at radius 3 is 2.16 bits per heavy atom. The minimum absolute atomic E-state index is 0.0556. The molecule has 164 valence electrons. The summed E-state index contributed by atoms with van der Waals surface area (Å²) in [6.45, 7) is 1.64. The number of aliphatic imine (C=N–C) groups is 1. The Morgan fingerprint density at radius 1 is 0.906 bits per heavy atom. The SMILES string of the molecule is COc1ccc(NC(=O)COc2ccc(Cc3ccc(NC4=NCCN4)cc3)cc2)cc1. The van der Waals surface area contributed by atoms with Gasteiger partial charge in [0.25, 0.3) is 5.91 Å². The Kier molecular flexibility index (Phi) is 6.87. The molecule has 7 nitrogen and oxygen atoms in total. The lowest BCUT2D eigenvalue weighted by molar-refractivity contribution is -0.118. The zero-order valence-corrected chi connectivity index (χ0v) is 17.9. The summed E-state index contributed by atoms with van der Waals surface area (Å²) in [5.74, 6) is 2.00. The van der Waals surface area contributed by atoms with E-state index < -0.39 is 0 Å². The standard InChI is InChI=1S/C25H26N4O3/c1-31-22-12-8-20(9-13-22)28-24(30)17-32-23-10-4-19(5-11-23)16-18-2-6-21(7-3-18)29-25-26-14-15-27-25/h2-13H,14-17H2,1H3,(H,28,30)(H2,26,27,29). The molecule has 32 heavy (non-hydrogen) atoms. The maximum Gasteiger partial charge on any atom is 0.262 e. The van der Waals surface area contributed by atoms with Gasteiger partial charge in [0, 0.05) is 17.9 Å². The highest BCUT2D eigenvalue weighted by atomic mass is 16.5. The van der Waals surface area contributed by atoms with E-state index in [1.165, 1.54) is 11.1 Å². The molecule has 0 spiro atoms. The van der Waals surface area contributed by atoms with Crippen molar-refractivity contribution in [1.29, 1.82) is 0 Å². The number of hydrogen-bond donors (Lipinski definition) is 3. The summed E-state index contributed by atoms with van der Waals surface area (Å²) >= 11 is 0. The predicted octanol–water partition coefficient (Wildman–Crippen LogP) is 3.67. The molecule has 1 amide bonds. The number of nitrogens with zero attached hydrogens (tertiary/aromatic N) is 1. The van der Waals surface area contributed by atoms with Gasteiger partial charge in [-0.25, -0.2) is 0 Å². The molecule has 0 bridgehead atoms. The van der Waals surface area contributed by atoms with Crippen molar-refractivity contribution in [3.63, 3.8) is 0 Å². The fourth-order valence-electron chi connectivity index (χ4n) is 3.28. The first-order valence-electron chi connectivity index (χ1n) is 10.5. The highest BCUT2D eigenvalue weighted by Gasteiger charge is 2.06. The van der Waals surface area contributed by atoms with E-state index in [-0.39, 0.29) is 12.5 Å². The second-order valence-electron chi connectivity index (χ2n) is 7.37. The summed E-state index contributed by atoms with van der Waals surface area (Å²) in [7, 11) is 1.60. The monoisotopic (exact) mass is 430 g/mol. The third kappa shape index (κ3) is 6.01. The van der Waals surface area contributed by atoms with Crippen LogP contribution in [0.25, 0.3) is 0 Å². The molecule has 0 radical (unpaired) electrons. The van der Waals surface area contributed by atoms with Gasteiger partial charge in [0.1, 0.15) is 11.5 Å². The van der Waals surface area contributed by atoms with Crippen LogP contribution < -0.4 is 25.4 Å². The van der Waals surface area contributed by atoms with Crippen LogP contribution in [0.1, 0.15) is 11.1 Å². The molecule has 0 unspecified atom stereocenters. The number of benzene rings is 3. The van der Waals surface area contributed by atoms with Crippen molar-refractivity contribution in [2.45, 2.75) is 6.42 Å². The number of guanidine groups is 1. The second kappa shape index (κ2) is 10.3. The lowest BCUT2D eigenvalue weighted by atomic mass is 10.0. The lowest BCUT2D eigenvalue weighted by Crippen LogP contribution is -2.26. The first-order valence-corrected chi connectivity index (χ1v) is 10.5. The van der Waals surface area contributed by atoms with Crippen molar-refractivity contribution in [2.24, 2.45) is 4.99 Å². The minimum Gasteiger partial charge on any atom is -0.497 e. The number of rotatable bonds is 8. The Hall–Kier alpha value is -4.00. The Morgan fingerprint density at radius 2 is 1.53 bits per heavy atom. The molecule has 0 aromatic heterocycles. The van der Waals surface area contributed by atoms with Gasteiger partial charge in [-0.3, -0.25) is 9.79 Å². The Labute approximate surface area is 187 Å². The maximum absolute atomic E-state index is 12.1. The molecule has 0 aliphatic carbocycles. The summed E-state index contributed by atoms with van der Waals surface area (Å²) in [6, 6.07) is 23.3. The van der Waals surface area contributed by atoms with E-state index in [4.69, 9.17) is 9.47 Å². The van der Waals surface area contributed by atoms with Crippen molar-refractivity contribution in [3.05, 3.63) is 83.9 Å². The quantitative estimate of drug-likeness (QED) is 0.508. The molecule has 1 aliphatic rings. The maximum atomic E-state index is 12.1. The molecular weight excluding hydrogens is 404 g/mol. The zero-order chi connectivity index (χ0) is 22.2. The average molecular weight is 431 g/mol. The largest absolute Gasteiger partial charge is 0.497 e. The van der Waals surface area contributed by atoms with Gasteiger partial charge in [0.05, 0.1) is 13.7 Å². The molecule has 1 heterocycles. The van der Waals surface area contributed by atoms with Gasteiger partial charge in [-0.05, 0) is 66.1 Å². The van der Waals surface area contributed by atoms with Crippen LogP contribution in [0.3, 0.4) is 0 Å². The van der Waals surface area contributed by atoms with Crippen LogP contribution in [0.4, 0.5) is 11.4 Å². The fraction of sp³-hybridized carbons (Fsp3) is 0.200. The number of hydrogen-bond acceptors (Lipinski definition) is 6. The number of anilines is 2. The molecule has 0 atom stereocenters. The van der Waals surface area contributed by atoms with Crippen LogP contribution >= 0.6 is 0 Å². The normalized spacial score (nSPS) is 12.5. The molecule has 3 aromatic carbocycles. The molecule has 0 saturated carbocycles. The van der Waals surface area contributed by atoms with Crippen molar-refractivity contribution >= 4 is 23.2 Å². The summed E-state index contributed by atoms with van der Waals surface area (Å²) in [6.07, 6.45) is 0.817. The molecule has 4 rings (SSSR count). The topological polar surface area (TPSA) is 84.0 Å². The molecule has 1 aliphatic heterocycles. The summed E-state index contributed by atoms with van der Waals surface area (Å²) in [5.41, 5.74) is 4.09. The van der Waals surface area contributed by atoms with Crippen LogP contribution in [0.5, 0.6) is 11.5 Å². The summed E-state index contributed by atoms with van der Waals surface area (Å²) < 4.78 is 10.7. The van der Waals surface area contributed by atoms with E-state index >= 15 is 0 Å². The van der Waals surface area contributed by atoms with Crippen LogP contribution in [0, 0.1) is 0 Å². The Bertz CT molecular complexity index is 1060. The highest BCUT2D eigenvalue weighted by molar-refractivity contribution is 5.94. The minimum atomic E-state index is -0.216. The van der Waals surface area contributed by atoms with Gasteiger partial charge in [-0.1, -0.05) is 24.3 Å². The number of ether oxygens (including phenoxy) is 2. The molecule has 3 N–H and O–H groups in total. The van der Waals surface area contributed by atoms with Gasteiger partial charge < -0.3 is 25.4 Å². The van der Waals surface area contributed by atoms with E-state index in [9.17, 15) is 4.79 Å². The van der Waals surface area contributed by atoms with Crippen molar-refractivity contribution in [2.75, 3.05) is 37.4 Å². The average Bonchev–Trinajstić information content (AvgIpc) is 3.33. The Balaban J connectivity index is 1.24. The van der Waals surface area contributed by atoms with Crippen molar-refractivity contribution in [3.8, 4) is 11.5 Å². The van der Waals surface area contributed by atoms with E-state index in [1.807, 2.05) is 24.3 Å². The van der Waals surface area contributed by atoms with E-state index in [1.54, 1.807) is 31.4 Å². The number of methoxy groups -OCH3 is 1. The second-order valence-corrected chi connectivity index (χ2v) is 7.37. The van der Waals surface area contributed by atoms with Gasteiger partial charge in [0.2, 0.25) is 0 Å². The van der Waals surface area contributed by atoms with Gasteiger partial charge >= 0.3 is 0 Å². The van der Waals surface area contributed by atoms with Crippen LogP contribution in [-0.2, 0) is 11.2 Å². The number of nitrogens with one attached hydrogen (secondary N) is 3. The van der Waals surface area contributed by atoms with Crippen molar-refractivity contribution < 1.29 is 14.3 Å². The number of carbonyl (C=O) groups excluding carboxylic acids is 1. The van der Waals surface area contributed by atoms with E-state index in [0.717, 1.165) is 36.9 Å². The predicted molar refractivity (Wildman–Crippen MR) is 127 cm³/mol. The van der Waals surface area contributed by atoms with Gasteiger partial charge in [0.15, 0.2) is 12.6 Å². The summed E-state index contributed by atoms with van der Waals surface area (Å²) in [4.78, 5) is 16.4. The molecule has 0 fully saturated rings. The third-order valence-electron chi connectivity index (χ3n) is 4.97.